The average molecular weight is 428 g/mol. The number of hydrogen-bond donors (Lipinski definition) is 0. The van der Waals surface area contributed by atoms with Crippen LogP contribution in [0.5, 0.6) is 5.75 Å². The van der Waals surface area contributed by atoms with Gasteiger partial charge in [-0.05, 0) is 30.0 Å². The first-order chi connectivity index (χ1) is 14.3. The number of thiophene rings is 1. The molecule has 1 heterocycles. The molecule has 2 aromatic rings. The maximum atomic E-state index is 12.7. The van der Waals surface area contributed by atoms with Crippen LogP contribution in [0, 0.1) is 11.3 Å². The summed E-state index contributed by atoms with van der Waals surface area (Å²) in [5.74, 6) is -0.907. The van der Waals surface area contributed by atoms with Crippen LogP contribution in [0.4, 0.5) is 5.00 Å². The number of hydrogen-bond acceptors (Lipinski definition) is 7. The highest BCUT2D eigenvalue weighted by Gasteiger charge is 2.38. The van der Waals surface area contributed by atoms with Crippen LogP contribution in [0.25, 0.3) is 11.1 Å². The van der Waals surface area contributed by atoms with Crippen LogP contribution >= 0.6 is 11.3 Å². The molecule has 0 unspecified atom stereocenters. The molecule has 1 saturated carbocycles. The Morgan fingerprint density at radius 2 is 1.83 bits per heavy atom. The van der Waals surface area contributed by atoms with E-state index >= 15 is 0 Å². The van der Waals surface area contributed by atoms with Gasteiger partial charge in [0, 0.05) is 30.0 Å². The van der Waals surface area contributed by atoms with Crippen molar-refractivity contribution in [2.45, 2.75) is 33.6 Å². The van der Waals surface area contributed by atoms with Crippen molar-refractivity contribution in [1.29, 1.82) is 0 Å². The van der Waals surface area contributed by atoms with E-state index in [-0.39, 0.29) is 23.6 Å². The van der Waals surface area contributed by atoms with Gasteiger partial charge in [0.2, 0.25) is 0 Å². The Hall–Kier alpha value is -2.80. The Bertz CT molecular complexity index is 968. The third kappa shape index (κ3) is 4.67. The summed E-state index contributed by atoms with van der Waals surface area (Å²) in [4.78, 5) is 41.9. The number of ether oxygens (including phenoxy) is 2. The van der Waals surface area contributed by atoms with Crippen molar-refractivity contribution in [3.8, 4) is 16.9 Å². The Balaban J connectivity index is 1.95. The molecule has 1 aromatic heterocycles. The fraction of sp³-hybridized carbons (Fsp3) is 0.391. The molecule has 0 bridgehead atoms. The molecule has 1 fully saturated rings. The molecular formula is C23H25NO5S. The second kappa shape index (κ2) is 8.92. The molecule has 3 rings (SSSR count). The molecule has 1 aliphatic rings. The van der Waals surface area contributed by atoms with Crippen molar-refractivity contribution in [3.63, 3.8) is 0 Å². The number of ketones is 2. The summed E-state index contributed by atoms with van der Waals surface area (Å²) in [6.07, 6.45) is 2.05. The van der Waals surface area contributed by atoms with Crippen LogP contribution < -0.4 is 4.74 Å². The van der Waals surface area contributed by atoms with Crippen LogP contribution in [-0.2, 0) is 14.3 Å². The number of nitrogens with zero attached hydrogens (tertiary/aromatic N) is 1. The number of rotatable bonds is 6. The van der Waals surface area contributed by atoms with Crippen molar-refractivity contribution in [2.75, 3.05) is 13.7 Å². The van der Waals surface area contributed by atoms with Crippen LogP contribution in [-0.4, -0.2) is 37.5 Å². The predicted molar refractivity (Wildman–Crippen MR) is 117 cm³/mol. The first kappa shape index (κ1) is 21.9. The number of Topliss-reactive ketones (excluding diaryl/α,β-unsaturated/α-hetero) is 2. The van der Waals surface area contributed by atoms with E-state index in [4.69, 9.17) is 9.47 Å². The third-order valence-electron chi connectivity index (χ3n) is 4.99. The lowest BCUT2D eigenvalue weighted by atomic mass is 9.72. The number of aliphatic imine (C=N–C) groups is 1. The topological polar surface area (TPSA) is 82.0 Å². The van der Waals surface area contributed by atoms with Gasteiger partial charge < -0.3 is 9.47 Å². The summed E-state index contributed by atoms with van der Waals surface area (Å²) < 4.78 is 10.4. The summed E-state index contributed by atoms with van der Waals surface area (Å²) in [5.41, 5.74) is 1.53. The van der Waals surface area contributed by atoms with Crippen LogP contribution in [0.1, 0.15) is 44.0 Å². The highest BCUT2D eigenvalue weighted by atomic mass is 32.1. The standard InChI is InChI=1S/C23H25NO5S/c1-5-29-22(27)20-17(14-6-8-15(28-4)9-7-14)13-30-21(20)24-12-16-18(25)10-23(2,3)11-19(16)26/h6-9,12-13,16H,5,10-11H2,1-4H3/b24-12+. The van der Waals surface area contributed by atoms with Crippen molar-refractivity contribution >= 4 is 40.1 Å². The van der Waals surface area contributed by atoms with Gasteiger partial charge in [-0.15, -0.1) is 11.3 Å². The minimum Gasteiger partial charge on any atom is -0.497 e. The second-order valence-corrected chi connectivity index (χ2v) is 8.84. The van der Waals surface area contributed by atoms with Crippen molar-refractivity contribution in [2.24, 2.45) is 16.3 Å². The lowest BCUT2D eigenvalue weighted by Crippen LogP contribution is -2.38. The quantitative estimate of drug-likeness (QED) is 0.373. The molecule has 0 saturated heterocycles. The van der Waals surface area contributed by atoms with E-state index < -0.39 is 11.9 Å². The predicted octanol–water partition coefficient (Wildman–Crippen LogP) is 4.88. The number of benzene rings is 1. The molecule has 0 atom stereocenters. The van der Waals surface area contributed by atoms with Gasteiger partial charge in [-0.1, -0.05) is 26.0 Å². The van der Waals surface area contributed by atoms with E-state index in [9.17, 15) is 14.4 Å². The molecule has 0 amide bonds. The minimum atomic E-state index is -0.861. The Kier molecular flexibility index (Phi) is 6.51. The van der Waals surface area contributed by atoms with Gasteiger partial charge in [-0.25, -0.2) is 9.79 Å². The monoisotopic (exact) mass is 427 g/mol. The van der Waals surface area contributed by atoms with E-state index in [2.05, 4.69) is 4.99 Å². The van der Waals surface area contributed by atoms with Gasteiger partial charge >= 0.3 is 5.97 Å². The summed E-state index contributed by atoms with van der Waals surface area (Å²) in [5, 5.41) is 2.25. The van der Waals surface area contributed by atoms with Crippen LogP contribution in [0.2, 0.25) is 0 Å². The zero-order valence-corrected chi connectivity index (χ0v) is 18.4. The number of carbonyl (C=O) groups is 3. The lowest BCUT2D eigenvalue weighted by Gasteiger charge is -2.30. The van der Waals surface area contributed by atoms with E-state index in [0.717, 1.165) is 5.56 Å². The minimum absolute atomic E-state index is 0.135. The average Bonchev–Trinajstić information content (AvgIpc) is 3.10. The van der Waals surface area contributed by atoms with Gasteiger partial charge in [0.15, 0.2) is 0 Å². The largest absolute Gasteiger partial charge is 0.497 e. The van der Waals surface area contributed by atoms with Gasteiger partial charge in [-0.2, -0.15) is 0 Å². The Labute approximate surface area is 179 Å². The maximum absolute atomic E-state index is 12.7. The van der Waals surface area contributed by atoms with Gasteiger partial charge in [0.05, 0.1) is 13.7 Å². The van der Waals surface area contributed by atoms with Crippen molar-refractivity contribution < 1.29 is 23.9 Å². The molecule has 1 aliphatic carbocycles. The van der Waals surface area contributed by atoms with E-state index in [1.165, 1.54) is 17.6 Å². The number of carbonyl (C=O) groups excluding carboxylic acids is 3. The van der Waals surface area contributed by atoms with E-state index in [0.29, 0.717) is 34.7 Å². The fourth-order valence-electron chi connectivity index (χ4n) is 3.54. The highest BCUT2D eigenvalue weighted by molar-refractivity contribution is 7.14. The molecule has 7 heteroatoms. The van der Waals surface area contributed by atoms with Crippen molar-refractivity contribution in [3.05, 3.63) is 35.2 Å². The normalized spacial score (nSPS) is 16.8. The zero-order valence-electron chi connectivity index (χ0n) is 17.6. The molecule has 0 spiro atoms. The number of methoxy groups -OCH3 is 1. The van der Waals surface area contributed by atoms with Gasteiger partial charge in [0.25, 0.3) is 0 Å². The fourth-order valence-corrected chi connectivity index (χ4v) is 4.46. The molecule has 30 heavy (non-hydrogen) atoms. The smallest absolute Gasteiger partial charge is 0.341 e. The van der Waals surface area contributed by atoms with E-state index in [1.54, 1.807) is 14.0 Å². The third-order valence-corrected chi connectivity index (χ3v) is 5.88. The number of esters is 1. The van der Waals surface area contributed by atoms with Gasteiger partial charge in [-0.3, -0.25) is 9.59 Å². The first-order valence-electron chi connectivity index (χ1n) is 9.78. The molecule has 0 aliphatic heterocycles. The highest BCUT2D eigenvalue weighted by Crippen LogP contribution is 2.39. The molecule has 0 N–H and O–H groups in total. The molecule has 158 valence electrons. The van der Waals surface area contributed by atoms with Crippen LogP contribution in [0.3, 0.4) is 0 Å². The van der Waals surface area contributed by atoms with Gasteiger partial charge in [0.1, 0.15) is 33.8 Å². The van der Waals surface area contributed by atoms with Crippen LogP contribution in [0.15, 0.2) is 34.6 Å². The Morgan fingerprint density at radius 1 is 1.20 bits per heavy atom. The molecular weight excluding hydrogens is 402 g/mol. The molecule has 0 radical (unpaired) electrons. The summed E-state index contributed by atoms with van der Waals surface area (Å²) >= 11 is 1.27. The maximum Gasteiger partial charge on any atom is 0.341 e. The van der Waals surface area contributed by atoms with Crippen molar-refractivity contribution in [1.82, 2.24) is 0 Å². The Morgan fingerprint density at radius 3 is 2.40 bits per heavy atom. The molecule has 6 nitrogen and oxygen atoms in total. The lowest BCUT2D eigenvalue weighted by molar-refractivity contribution is -0.136. The zero-order chi connectivity index (χ0) is 21.9. The van der Waals surface area contributed by atoms with E-state index in [1.807, 2.05) is 43.5 Å². The summed E-state index contributed by atoms with van der Waals surface area (Å²) in [6.45, 7) is 5.79. The summed E-state index contributed by atoms with van der Waals surface area (Å²) in [7, 11) is 1.59. The second-order valence-electron chi connectivity index (χ2n) is 7.98. The molecule has 1 aromatic carbocycles. The summed E-state index contributed by atoms with van der Waals surface area (Å²) in [6, 6.07) is 7.33. The first-order valence-corrected chi connectivity index (χ1v) is 10.7. The SMILES string of the molecule is CCOC(=O)c1c(-c2ccc(OC)cc2)csc1/N=C/C1C(=O)CC(C)(C)CC1=O.